The molecule has 0 aliphatic heterocycles. The maximum atomic E-state index is 7.11. The standard InChI is InChI=1S/C69H42N6O/c1-4-20-43(21-5-1)44-36-38-46(39-37-44)68-70-67(45-22-6-2-7-23-45)71-69(72-68)53-40-41-59(62-52-30-14-19-35-61(52)76-66(53)62)75-57-33-17-12-28-50(57)54-42-60(74-55-31-15-10-26-48(55)49-27-11-16-32-56(49)74)65-63(64(54)75)51-29-13-18-34-58(51)73(65)47-24-8-3-9-25-47/h1-42H. The summed E-state index contributed by atoms with van der Waals surface area (Å²) in [7, 11) is 0. The number of nitrogens with zero attached hydrogens (tertiary/aromatic N) is 6. The van der Waals surface area contributed by atoms with Gasteiger partial charge in [-0.2, -0.15) is 0 Å². The van der Waals surface area contributed by atoms with Crippen molar-refractivity contribution in [2.45, 2.75) is 0 Å². The Hall–Kier alpha value is -10.4. The quantitative estimate of drug-likeness (QED) is 0.160. The predicted molar refractivity (Wildman–Crippen MR) is 312 cm³/mol. The van der Waals surface area contributed by atoms with Crippen molar-refractivity contribution in [2.24, 2.45) is 0 Å². The van der Waals surface area contributed by atoms with E-state index in [4.69, 9.17) is 19.4 Å². The van der Waals surface area contributed by atoms with Crippen molar-refractivity contribution in [3.05, 3.63) is 255 Å². The minimum absolute atomic E-state index is 0.526. The van der Waals surface area contributed by atoms with Crippen LogP contribution in [0.2, 0.25) is 0 Å². The van der Waals surface area contributed by atoms with Gasteiger partial charge in [-0.15, -0.1) is 0 Å². The summed E-state index contributed by atoms with van der Waals surface area (Å²) >= 11 is 0. The normalized spacial score (nSPS) is 11.9. The molecule has 11 aromatic carbocycles. The van der Waals surface area contributed by atoms with Gasteiger partial charge in [0.05, 0.1) is 55.4 Å². The first-order chi connectivity index (χ1) is 37.7. The molecule has 5 heterocycles. The van der Waals surface area contributed by atoms with Gasteiger partial charge in [0.25, 0.3) is 0 Å². The molecule has 0 radical (unpaired) electrons. The van der Waals surface area contributed by atoms with Crippen LogP contribution in [0.15, 0.2) is 259 Å². The second-order valence-electron chi connectivity index (χ2n) is 19.5. The average molecular weight is 971 g/mol. The molecular weight excluding hydrogens is 929 g/mol. The van der Waals surface area contributed by atoms with Crippen LogP contribution >= 0.6 is 0 Å². The van der Waals surface area contributed by atoms with Crippen molar-refractivity contribution in [3.63, 3.8) is 0 Å². The summed E-state index contributed by atoms with van der Waals surface area (Å²) in [6.45, 7) is 0. The number of furan rings is 1. The van der Waals surface area contributed by atoms with Crippen LogP contribution in [0.5, 0.6) is 0 Å². The molecule has 0 aliphatic carbocycles. The third-order valence-corrected chi connectivity index (χ3v) is 15.3. The zero-order valence-electron chi connectivity index (χ0n) is 40.8. The Balaban J connectivity index is 1.01. The average Bonchev–Trinajstić information content (AvgIpc) is 4.37. The van der Waals surface area contributed by atoms with Crippen molar-refractivity contribution in [2.75, 3.05) is 0 Å². The van der Waals surface area contributed by atoms with E-state index in [0.29, 0.717) is 23.1 Å². The number of benzene rings is 11. The van der Waals surface area contributed by atoms with Gasteiger partial charge in [0.15, 0.2) is 17.5 Å². The number of hydrogen-bond donors (Lipinski definition) is 0. The molecule has 16 rings (SSSR count). The fourth-order valence-corrected chi connectivity index (χ4v) is 12.0. The van der Waals surface area contributed by atoms with Crippen LogP contribution in [-0.4, -0.2) is 28.7 Å². The molecule has 0 fully saturated rings. The van der Waals surface area contributed by atoms with Crippen molar-refractivity contribution in [1.29, 1.82) is 0 Å². The number of para-hydroxylation sites is 6. The fourth-order valence-electron chi connectivity index (χ4n) is 12.0. The highest BCUT2D eigenvalue weighted by Gasteiger charge is 2.28. The molecule has 0 unspecified atom stereocenters. The molecule has 0 saturated carbocycles. The summed E-state index contributed by atoms with van der Waals surface area (Å²) < 4.78 is 14.5. The zero-order valence-corrected chi connectivity index (χ0v) is 40.8. The molecule has 7 heteroatoms. The fraction of sp³-hybridized carbons (Fsp3) is 0. The Morgan fingerprint density at radius 3 is 1.39 bits per heavy atom. The van der Waals surface area contributed by atoms with Crippen molar-refractivity contribution in [1.82, 2.24) is 28.7 Å². The molecular formula is C69H42N6O. The lowest BCUT2D eigenvalue weighted by Crippen LogP contribution is -2.02. The van der Waals surface area contributed by atoms with Crippen molar-refractivity contribution in [3.8, 4) is 62.4 Å². The summed E-state index contributed by atoms with van der Waals surface area (Å²) in [5, 5.41) is 9.01. The van der Waals surface area contributed by atoms with Gasteiger partial charge in [0, 0.05) is 54.5 Å². The third kappa shape index (κ3) is 6.26. The van der Waals surface area contributed by atoms with E-state index in [0.717, 1.165) is 116 Å². The van der Waals surface area contributed by atoms with Crippen LogP contribution in [0.25, 0.3) is 150 Å². The van der Waals surface area contributed by atoms with Crippen LogP contribution < -0.4 is 0 Å². The van der Waals surface area contributed by atoms with Gasteiger partial charge in [-0.3, -0.25) is 0 Å². The Bertz CT molecular complexity index is 4920. The minimum Gasteiger partial charge on any atom is -0.455 e. The van der Waals surface area contributed by atoms with E-state index in [1.165, 1.54) is 10.8 Å². The molecule has 0 saturated heterocycles. The third-order valence-electron chi connectivity index (χ3n) is 15.3. The number of fused-ring (bicyclic) bond motifs is 13. The summed E-state index contributed by atoms with van der Waals surface area (Å²) in [6, 6.07) is 90.3. The lowest BCUT2D eigenvalue weighted by molar-refractivity contribution is 0.669. The maximum Gasteiger partial charge on any atom is 0.167 e. The van der Waals surface area contributed by atoms with Crippen LogP contribution in [0.4, 0.5) is 0 Å². The second-order valence-corrected chi connectivity index (χ2v) is 19.5. The van der Waals surface area contributed by atoms with Gasteiger partial charge in [0.2, 0.25) is 0 Å². The Kier molecular flexibility index (Phi) is 9.20. The van der Waals surface area contributed by atoms with Crippen LogP contribution in [0.3, 0.4) is 0 Å². The number of aromatic nitrogens is 6. The molecule has 16 aromatic rings. The van der Waals surface area contributed by atoms with E-state index in [1.54, 1.807) is 0 Å². The largest absolute Gasteiger partial charge is 0.455 e. The summed E-state index contributed by atoms with van der Waals surface area (Å²) in [5.74, 6) is 1.69. The topological polar surface area (TPSA) is 66.6 Å². The molecule has 0 amide bonds. The summed E-state index contributed by atoms with van der Waals surface area (Å²) in [5.41, 5.74) is 16.2. The first kappa shape index (κ1) is 42.2. The molecule has 0 atom stereocenters. The summed E-state index contributed by atoms with van der Waals surface area (Å²) in [4.78, 5) is 15.7. The van der Waals surface area contributed by atoms with Crippen LogP contribution in [-0.2, 0) is 0 Å². The Labute approximate surface area is 435 Å². The lowest BCUT2D eigenvalue weighted by atomic mass is 10.0. The smallest absolute Gasteiger partial charge is 0.167 e. The van der Waals surface area contributed by atoms with Gasteiger partial charge >= 0.3 is 0 Å². The van der Waals surface area contributed by atoms with Gasteiger partial charge in [0.1, 0.15) is 11.2 Å². The molecule has 76 heavy (non-hydrogen) atoms. The number of rotatable bonds is 7. The van der Waals surface area contributed by atoms with E-state index in [2.05, 4.69) is 226 Å². The molecule has 7 nitrogen and oxygen atoms in total. The molecule has 0 spiro atoms. The molecule has 5 aromatic heterocycles. The SMILES string of the molecule is c1ccc(-c2ccc(-c3nc(-c4ccccc4)nc(-c4ccc(-n5c6ccccc6c6cc(-n7c8ccccc8c8ccccc87)c7c(c8ccccc8n7-c7ccccc7)c65)c5c4oc4ccccc45)n3)cc2)cc1. The van der Waals surface area contributed by atoms with Crippen molar-refractivity contribution >= 4 is 87.4 Å². The van der Waals surface area contributed by atoms with E-state index >= 15 is 0 Å². The van der Waals surface area contributed by atoms with E-state index in [9.17, 15) is 0 Å². The monoisotopic (exact) mass is 970 g/mol. The first-order valence-corrected chi connectivity index (χ1v) is 25.7. The Morgan fingerprint density at radius 1 is 0.289 bits per heavy atom. The highest BCUT2D eigenvalue weighted by atomic mass is 16.3. The zero-order chi connectivity index (χ0) is 49.8. The van der Waals surface area contributed by atoms with Gasteiger partial charge in [-0.05, 0) is 71.8 Å². The Morgan fingerprint density at radius 2 is 0.750 bits per heavy atom. The molecule has 0 aliphatic rings. The predicted octanol–water partition coefficient (Wildman–Crippen LogP) is 17.7. The summed E-state index contributed by atoms with van der Waals surface area (Å²) in [6.07, 6.45) is 0. The van der Waals surface area contributed by atoms with Gasteiger partial charge < -0.3 is 18.1 Å². The highest BCUT2D eigenvalue weighted by molar-refractivity contribution is 6.29. The molecule has 0 bridgehead atoms. The van der Waals surface area contributed by atoms with E-state index < -0.39 is 0 Å². The maximum absolute atomic E-state index is 7.11. The van der Waals surface area contributed by atoms with Crippen molar-refractivity contribution < 1.29 is 4.42 Å². The molecule has 354 valence electrons. The lowest BCUT2D eigenvalue weighted by Gasteiger charge is -2.17. The van der Waals surface area contributed by atoms with Crippen LogP contribution in [0.1, 0.15) is 0 Å². The second kappa shape index (κ2) is 16.6. The van der Waals surface area contributed by atoms with Crippen LogP contribution in [0, 0.1) is 0 Å². The first-order valence-electron chi connectivity index (χ1n) is 25.7. The highest BCUT2D eigenvalue weighted by Crippen LogP contribution is 2.49. The van der Waals surface area contributed by atoms with Gasteiger partial charge in [-0.25, -0.2) is 15.0 Å². The van der Waals surface area contributed by atoms with E-state index in [-0.39, 0.29) is 0 Å². The van der Waals surface area contributed by atoms with E-state index in [1.807, 2.05) is 42.5 Å². The van der Waals surface area contributed by atoms with Gasteiger partial charge in [-0.1, -0.05) is 194 Å². The molecule has 0 N–H and O–H groups in total. The minimum atomic E-state index is 0.526. The number of hydrogen-bond acceptors (Lipinski definition) is 4.